The van der Waals surface area contributed by atoms with Crippen LogP contribution in [0.15, 0.2) is 146 Å². The van der Waals surface area contributed by atoms with E-state index in [0.29, 0.717) is 6.42 Å². The molecule has 0 bridgehead atoms. The molecule has 6 aromatic carbocycles. The van der Waals surface area contributed by atoms with Crippen molar-refractivity contribution in [3.63, 3.8) is 0 Å². The predicted molar refractivity (Wildman–Crippen MR) is 240 cm³/mol. The maximum atomic E-state index is 6.23. The lowest BCUT2D eigenvalue weighted by Gasteiger charge is -2.38. The van der Waals surface area contributed by atoms with E-state index in [1.165, 1.54) is 0 Å². The van der Waals surface area contributed by atoms with Gasteiger partial charge in [-0.1, -0.05) is 72.8 Å². The second kappa shape index (κ2) is 18.3. The summed E-state index contributed by atoms with van der Waals surface area (Å²) >= 11 is 8.99. The highest BCUT2D eigenvalue weighted by Gasteiger charge is 2.62. The molecule has 0 N–H and O–H groups in total. The van der Waals surface area contributed by atoms with E-state index in [1.54, 1.807) is 42.7 Å². The molecule has 0 saturated carbocycles. The molecule has 2 atom stereocenters. The van der Waals surface area contributed by atoms with Gasteiger partial charge in [-0.15, -0.1) is 0 Å². The van der Waals surface area contributed by atoms with E-state index in [2.05, 4.69) is 105 Å². The molecule has 2 unspecified atom stereocenters. The SMILES string of the molecule is COc1ccccc1[P+](c1ccccc1OC)(c1ccccc1OC)C(Br)CC(Br)[P+](c1ccccc1OC)(c1ccccc1OC)c1ccccc1OC. The molecule has 0 heterocycles. The van der Waals surface area contributed by atoms with Crippen molar-refractivity contribution in [3.8, 4) is 34.5 Å². The molecule has 10 heteroatoms. The van der Waals surface area contributed by atoms with Crippen molar-refractivity contribution in [1.29, 1.82) is 0 Å². The highest BCUT2D eigenvalue weighted by atomic mass is 79.9. The molecule has 0 fully saturated rings. The largest absolute Gasteiger partial charge is 0.493 e. The fourth-order valence-corrected chi connectivity index (χ4v) is 23.1. The van der Waals surface area contributed by atoms with Crippen LogP contribution in [0.25, 0.3) is 0 Å². The summed E-state index contributed by atoms with van der Waals surface area (Å²) in [5.74, 6) is 4.69. The average Bonchev–Trinajstić information content (AvgIpc) is 3.25. The van der Waals surface area contributed by atoms with Crippen LogP contribution in [0.5, 0.6) is 34.5 Å². The Kier molecular flexibility index (Phi) is 13.5. The van der Waals surface area contributed by atoms with Crippen LogP contribution in [0, 0.1) is 0 Å². The maximum Gasteiger partial charge on any atom is 0.161 e. The van der Waals surface area contributed by atoms with Crippen molar-refractivity contribution in [2.24, 2.45) is 0 Å². The van der Waals surface area contributed by atoms with Crippen LogP contribution in [0.1, 0.15) is 6.42 Å². The van der Waals surface area contributed by atoms with Gasteiger partial charge in [0.2, 0.25) is 0 Å². The Bertz CT molecular complexity index is 1830. The number of alkyl halides is 2. The zero-order valence-corrected chi connectivity index (χ0v) is 36.8. The first-order valence-corrected chi connectivity index (χ1v) is 23.3. The van der Waals surface area contributed by atoms with Gasteiger partial charge in [-0.25, -0.2) is 0 Å². The topological polar surface area (TPSA) is 55.4 Å². The third-order valence-corrected chi connectivity index (χ3v) is 23.3. The van der Waals surface area contributed by atoms with E-state index in [9.17, 15) is 0 Å². The van der Waals surface area contributed by atoms with Gasteiger partial charge in [0.15, 0.2) is 34.5 Å². The Morgan fingerprint density at radius 3 is 0.655 bits per heavy atom. The third-order valence-electron chi connectivity index (χ3n) is 10.0. The second-order valence-electron chi connectivity index (χ2n) is 12.6. The Morgan fingerprint density at radius 1 is 0.327 bits per heavy atom. The van der Waals surface area contributed by atoms with Gasteiger partial charge in [0.25, 0.3) is 0 Å². The zero-order chi connectivity index (χ0) is 39.0. The summed E-state index contributed by atoms with van der Waals surface area (Å²) < 4.78 is 37.0. The van der Waals surface area contributed by atoms with E-state index in [0.717, 1.165) is 66.3 Å². The van der Waals surface area contributed by atoms with Gasteiger partial charge in [0.1, 0.15) is 55.5 Å². The monoisotopic (exact) mass is 902 g/mol. The van der Waals surface area contributed by atoms with Gasteiger partial charge < -0.3 is 28.4 Å². The normalized spacial score (nSPS) is 12.7. The van der Waals surface area contributed by atoms with Crippen molar-refractivity contribution < 1.29 is 28.4 Å². The minimum absolute atomic E-state index is 0.216. The van der Waals surface area contributed by atoms with Crippen molar-refractivity contribution in [2.45, 2.75) is 15.6 Å². The lowest BCUT2D eigenvalue weighted by Crippen LogP contribution is -2.42. The van der Waals surface area contributed by atoms with Gasteiger partial charge in [-0.2, -0.15) is 0 Å². The van der Waals surface area contributed by atoms with Crippen molar-refractivity contribution in [2.75, 3.05) is 42.7 Å². The molecule has 0 spiro atoms. The van der Waals surface area contributed by atoms with Gasteiger partial charge in [0, 0.05) is 6.42 Å². The molecule has 55 heavy (non-hydrogen) atoms. The molecule has 6 aromatic rings. The number of ether oxygens (including phenoxy) is 6. The quantitative estimate of drug-likeness (QED) is 0.0716. The van der Waals surface area contributed by atoms with Crippen LogP contribution in [0.3, 0.4) is 0 Å². The van der Waals surface area contributed by atoms with E-state index in [-0.39, 0.29) is 9.14 Å². The molecule has 0 amide bonds. The molecule has 6 nitrogen and oxygen atoms in total. The summed E-state index contributed by atoms with van der Waals surface area (Å²) in [5.41, 5.74) is 0. The Hall–Kier alpha value is -4.06. The first-order valence-electron chi connectivity index (χ1n) is 17.7. The van der Waals surface area contributed by atoms with Crippen LogP contribution in [-0.4, -0.2) is 51.8 Å². The van der Waals surface area contributed by atoms with Crippen LogP contribution < -0.4 is 60.2 Å². The average molecular weight is 905 g/mol. The summed E-state index contributed by atoms with van der Waals surface area (Å²) in [5, 5.41) is 6.35. The fourth-order valence-electron chi connectivity index (χ4n) is 7.69. The van der Waals surface area contributed by atoms with E-state index >= 15 is 0 Å². The molecule has 0 aliphatic carbocycles. The maximum absolute atomic E-state index is 6.23. The Labute approximate surface area is 343 Å². The third kappa shape index (κ3) is 7.24. The molecule has 0 aliphatic rings. The summed E-state index contributed by atoms with van der Waals surface area (Å²) in [6.07, 6.45) is 0.615. The summed E-state index contributed by atoms with van der Waals surface area (Å²) in [6, 6.07) is 49.9. The lowest BCUT2D eigenvalue weighted by atomic mass is 10.3. The van der Waals surface area contributed by atoms with Gasteiger partial charge in [0.05, 0.1) is 42.7 Å². The van der Waals surface area contributed by atoms with Crippen LogP contribution >= 0.6 is 46.4 Å². The highest BCUT2D eigenvalue weighted by molar-refractivity contribution is 9.11. The smallest absolute Gasteiger partial charge is 0.161 e. The van der Waals surface area contributed by atoms with Crippen molar-refractivity contribution in [1.82, 2.24) is 0 Å². The number of para-hydroxylation sites is 6. The number of methoxy groups -OCH3 is 6. The molecule has 284 valence electrons. The highest BCUT2D eigenvalue weighted by Crippen LogP contribution is 2.72. The van der Waals surface area contributed by atoms with Gasteiger partial charge >= 0.3 is 0 Å². The minimum Gasteiger partial charge on any atom is -0.493 e. The summed E-state index contributed by atoms with van der Waals surface area (Å²) in [6.45, 7) is 0. The predicted octanol–water partition coefficient (Wildman–Crippen LogP) is 8.86. The van der Waals surface area contributed by atoms with E-state index in [1.807, 2.05) is 72.8 Å². The lowest BCUT2D eigenvalue weighted by molar-refractivity contribution is 0.416. The molecule has 0 aromatic heterocycles. The molecular weight excluding hydrogens is 858 g/mol. The van der Waals surface area contributed by atoms with E-state index in [4.69, 9.17) is 28.4 Å². The zero-order valence-electron chi connectivity index (χ0n) is 31.8. The molecule has 0 saturated heterocycles. The number of rotatable bonds is 16. The van der Waals surface area contributed by atoms with E-state index < -0.39 is 14.5 Å². The molecule has 0 aliphatic heterocycles. The van der Waals surface area contributed by atoms with Crippen molar-refractivity contribution in [3.05, 3.63) is 146 Å². The standard InChI is InChI=1S/C45H46Br2O6P2/c1-48-32-19-7-13-25-38(32)54(39-26-14-8-20-33(39)49-2,40-27-15-9-21-34(40)50-3)44(46)31-45(47)55(41-28-16-10-22-35(41)51-4,42-29-17-11-23-36(42)52-5)43-30-18-12-24-37(43)53-6/h7-30,44-45H,31H2,1-6H3/q+2. The number of hydrogen-bond donors (Lipinski definition) is 0. The fraction of sp³-hybridized carbons (Fsp3) is 0.200. The number of hydrogen-bond acceptors (Lipinski definition) is 6. The molecular formula is C45H46Br2O6P2+2. The minimum atomic E-state index is -2.83. The van der Waals surface area contributed by atoms with Gasteiger partial charge in [-0.05, 0) is 105 Å². The van der Waals surface area contributed by atoms with Crippen molar-refractivity contribution >= 4 is 78.2 Å². The van der Waals surface area contributed by atoms with Crippen LogP contribution in [-0.2, 0) is 0 Å². The number of benzene rings is 6. The molecule has 6 rings (SSSR count). The van der Waals surface area contributed by atoms with Gasteiger partial charge in [-0.3, -0.25) is 0 Å². The first kappa shape index (κ1) is 40.6. The first-order chi connectivity index (χ1) is 26.9. The second-order valence-corrected chi connectivity index (χ2v) is 23.2. The molecule has 0 radical (unpaired) electrons. The Morgan fingerprint density at radius 2 is 0.491 bits per heavy atom. The Balaban J connectivity index is 1.75. The van der Waals surface area contributed by atoms with Crippen LogP contribution in [0.4, 0.5) is 0 Å². The summed E-state index contributed by atoms with van der Waals surface area (Å²) in [7, 11) is 4.74. The number of halogens is 2. The summed E-state index contributed by atoms with van der Waals surface area (Å²) in [4.78, 5) is 0. The van der Waals surface area contributed by atoms with Crippen LogP contribution in [0.2, 0.25) is 0 Å².